The Morgan fingerprint density at radius 2 is 1.87 bits per heavy atom. The molecule has 4 aromatic rings. The SMILES string of the molecule is COc1cc2nc(CN3CCC(c4nnc5ccccn45)CC3)[nH]c(=O)c2cc1OC. The lowest BCUT2D eigenvalue weighted by Gasteiger charge is -2.30. The van der Waals surface area contributed by atoms with Gasteiger partial charge < -0.3 is 14.5 Å². The van der Waals surface area contributed by atoms with Crippen molar-refractivity contribution in [3.63, 3.8) is 0 Å². The predicted octanol–water partition coefficient (Wildman–Crippen LogP) is 2.36. The van der Waals surface area contributed by atoms with Gasteiger partial charge >= 0.3 is 0 Å². The van der Waals surface area contributed by atoms with Crippen LogP contribution in [0, 0.1) is 0 Å². The molecule has 1 aromatic carbocycles. The van der Waals surface area contributed by atoms with Crippen molar-refractivity contribution in [3.8, 4) is 11.5 Å². The van der Waals surface area contributed by atoms with E-state index < -0.39 is 0 Å². The van der Waals surface area contributed by atoms with Crippen LogP contribution in [-0.2, 0) is 6.54 Å². The number of methoxy groups -OCH3 is 2. The van der Waals surface area contributed by atoms with Crippen LogP contribution in [0.5, 0.6) is 11.5 Å². The molecule has 3 aromatic heterocycles. The van der Waals surface area contributed by atoms with E-state index in [9.17, 15) is 4.79 Å². The van der Waals surface area contributed by atoms with E-state index in [0.717, 1.165) is 37.4 Å². The summed E-state index contributed by atoms with van der Waals surface area (Å²) in [5, 5.41) is 9.18. The average Bonchev–Trinajstić information content (AvgIpc) is 3.23. The Labute approximate surface area is 178 Å². The monoisotopic (exact) mass is 420 g/mol. The van der Waals surface area contributed by atoms with E-state index in [-0.39, 0.29) is 5.56 Å². The summed E-state index contributed by atoms with van der Waals surface area (Å²) in [6, 6.07) is 9.35. The fraction of sp³-hybridized carbons (Fsp3) is 0.364. The molecule has 9 nitrogen and oxygen atoms in total. The highest BCUT2D eigenvalue weighted by Crippen LogP contribution is 2.30. The minimum Gasteiger partial charge on any atom is -0.493 e. The Balaban J connectivity index is 1.32. The van der Waals surface area contributed by atoms with Gasteiger partial charge in [-0.15, -0.1) is 10.2 Å². The molecule has 5 rings (SSSR count). The van der Waals surface area contributed by atoms with Crippen LogP contribution in [-0.4, -0.2) is 56.8 Å². The lowest BCUT2D eigenvalue weighted by molar-refractivity contribution is 0.197. The third-order valence-corrected chi connectivity index (χ3v) is 5.93. The molecule has 0 unspecified atom stereocenters. The number of fused-ring (bicyclic) bond motifs is 2. The molecule has 160 valence electrons. The summed E-state index contributed by atoms with van der Waals surface area (Å²) in [5.41, 5.74) is 1.30. The largest absolute Gasteiger partial charge is 0.493 e. The van der Waals surface area contributed by atoms with Crippen LogP contribution >= 0.6 is 0 Å². The minimum absolute atomic E-state index is 0.175. The number of nitrogens with zero attached hydrogens (tertiary/aromatic N) is 5. The third-order valence-electron chi connectivity index (χ3n) is 5.93. The highest BCUT2D eigenvalue weighted by atomic mass is 16.5. The van der Waals surface area contributed by atoms with Gasteiger partial charge in [0.2, 0.25) is 0 Å². The van der Waals surface area contributed by atoms with Crippen molar-refractivity contribution in [1.29, 1.82) is 0 Å². The summed E-state index contributed by atoms with van der Waals surface area (Å²) < 4.78 is 12.7. The number of nitrogens with one attached hydrogen (secondary N) is 1. The van der Waals surface area contributed by atoms with Crippen LogP contribution in [0.15, 0.2) is 41.3 Å². The van der Waals surface area contributed by atoms with E-state index in [1.807, 2.05) is 24.4 Å². The lowest BCUT2D eigenvalue weighted by Crippen LogP contribution is -2.34. The number of likely N-dealkylation sites (tertiary alicyclic amines) is 1. The van der Waals surface area contributed by atoms with E-state index in [0.29, 0.717) is 40.7 Å². The van der Waals surface area contributed by atoms with Crippen molar-refractivity contribution in [2.45, 2.75) is 25.3 Å². The Morgan fingerprint density at radius 3 is 2.65 bits per heavy atom. The molecule has 1 saturated heterocycles. The number of piperidine rings is 1. The zero-order chi connectivity index (χ0) is 21.4. The van der Waals surface area contributed by atoms with Gasteiger partial charge in [-0.1, -0.05) is 6.07 Å². The summed E-state index contributed by atoms with van der Waals surface area (Å²) >= 11 is 0. The number of benzene rings is 1. The van der Waals surface area contributed by atoms with Crippen molar-refractivity contribution in [1.82, 2.24) is 29.5 Å². The van der Waals surface area contributed by atoms with Crippen molar-refractivity contribution < 1.29 is 9.47 Å². The molecule has 0 atom stereocenters. The molecule has 1 aliphatic rings. The summed E-state index contributed by atoms with van der Waals surface area (Å²) in [5.74, 6) is 3.11. The van der Waals surface area contributed by atoms with Gasteiger partial charge in [0, 0.05) is 18.2 Å². The number of H-pyrrole nitrogens is 1. The van der Waals surface area contributed by atoms with E-state index in [1.54, 1.807) is 26.4 Å². The maximum absolute atomic E-state index is 12.6. The highest BCUT2D eigenvalue weighted by Gasteiger charge is 2.25. The van der Waals surface area contributed by atoms with Crippen molar-refractivity contribution in [2.75, 3.05) is 27.3 Å². The number of aromatic nitrogens is 5. The topological polar surface area (TPSA) is 97.6 Å². The molecule has 1 aliphatic heterocycles. The van der Waals surface area contributed by atoms with Gasteiger partial charge in [0.1, 0.15) is 11.6 Å². The van der Waals surface area contributed by atoms with Crippen molar-refractivity contribution >= 4 is 16.6 Å². The molecule has 4 heterocycles. The second-order valence-corrected chi connectivity index (χ2v) is 7.77. The van der Waals surface area contributed by atoms with E-state index in [4.69, 9.17) is 9.47 Å². The van der Waals surface area contributed by atoms with Crippen molar-refractivity contribution in [3.05, 3.63) is 58.5 Å². The molecular weight excluding hydrogens is 396 g/mol. The van der Waals surface area contributed by atoms with Gasteiger partial charge in [0.25, 0.3) is 5.56 Å². The number of ether oxygens (including phenoxy) is 2. The molecule has 9 heteroatoms. The van der Waals surface area contributed by atoms with Crippen LogP contribution < -0.4 is 15.0 Å². The normalized spacial score (nSPS) is 15.5. The molecule has 1 N–H and O–H groups in total. The van der Waals surface area contributed by atoms with Gasteiger partial charge in [-0.25, -0.2) is 4.98 Å². The molecule has 31 heavy (non-hydrogen) atoms. The maximum atomic E-state index is 12.6. The second-order valence-electron chi connectivity index (χ2n) is 7.77. The maximum Gasteiger partial charge on any atom is 0.258 e. The zero-order valence-electron chi connectivity index (χ0n) is 17.5. The van der Waals surface area contributed by atoms with Crippen LogP contribution in [0.4, 0.5) is 0 Å². The minimum atomic E-state index is -0.175. The lowest BCUT2D eigenvalue weighted by atomic mass is 9.96. The molecule has 0 amide bonds. The summed E-state index contributed by atoms with van der Waals surface area (Å²) in [6.45, 7) is 2.40. The summed E-state index contributed by atoms with van der Waals surface area (Å²) in [6.07, 6.45) is 3.99. The molecule has 0 aliphatic carbocycles. The van der Waals surface area contributed by atoms with E-state index in [1.165, 1.54) is 0 Å². The Hall–Kier alpha value is -3.46. The third kappa shape index (κ3) is 3.61. The number of pyridine rings is 1. The second kappa shape index (κ2) is 7.99. The van der Waals surface area contributed by atoms with Crippen LogP contribution in [0.1, 0.15) is 30.4 Å². The first-order chi connectivity index (χ1) is 15.2. The Kier molecular flexibility index (Phi) is 5.03. The van der Waals surface area contributed by atoms with Gasteiger partial charge in [-0.05, 0) is 44.1 Å². The number of rotatable bonds is 5. The Bertz CT molecular complexity index is 1290. The quantitative estimate of drug-likeness (QED) is 0.529. The highest BCUT2D eigenvalue weighted by molar-refractivity contribution is 5.81. The average molecular weight is 420 g/mol. The number of hydrogen-bond donors (Lipinski definition) is 1. The molecule has 0 bridgehead atoms. The zero-order valence-corrected chi connectivity index (χ0v) is 17.5. The van der Waals surface area contributed by atoms with Gasteiger partial charge in [-0.2, -0.15) is 0 Å². The molecule has 0 radical (unpaired) electrons. The van der Waals surface area contributed by atoms with Crippen LogP contribution in [0.3, 0.4) is 0 Å². The van der Waals surface area contributed by atoms with Gasteiger partial charge in [0.15, 0.2) is 17.1 Å². The van der Waals surface area contributed by atoms with Gasteiger partial charge in [-0.3, -0.25) is 14.1 Å². The fourth-order valence-corrected chi connectivity index (χ4v) is 4.29. The first kappa shape index (κ1) is 19.5. The summed E-state index contributed by atoms with van der Waals surface area (Å²) in [7, 11) is 3.12. The summed E-state index contributed by atoms with van der Waals surface area (Å²) in [4.78, 5) is 22.5. The fourth-order valence-electron chi connectivity index (χ4n) is 4.29. The van der Waals surface area contributed by atoms with E-state index in [2.05, 4.69) is 29.5 Å². The molecule has 0 saturated carbocycles. The van der Waals surface area contributed by atoms with Gasteiger partial charge in [0.05, 0.1) is 31.7 Å². The van der Waals surface area contributed by atoms with Crippen LogP contribution in [0.2, 0.25) is 0 Å². The number of hydrogen-bond acceptors (Lipinski definition) is 7. The predicted molar refractivity (Wildman–Crippen MR) is 116 cm³/mol. The van der Waals surface area contributed by atoms with E-state index >= 15 is 0 Å². The Morgan fingerprint density at radius 1 is 1.10 bits per heavy atom. The first-order valence-electron chi connectivity index (χ1n) is 10.3. The first-order valence-corrected chi connectivity index (χ1v) is 10.3. The van der Waals surface area contributed by atoms with Crippen molar-refractivity contribution in [2.24, 2.45) is 0 Å². The smallest absolute Gasteiger partial charge is 0.258 e. The van der Waals surface area contributed by atoms with Crippen LogP contribution in [0.25, 0.3) is 16.6 Å². The number of aromatic amines is 1. The standard InChI is InChI=1S/C22H24N6O3/c1-30-17-11-15-16(12-18(17)31-2)23-19(24-22(15)29)13-27-9-6-14(7-10-27)21-26-25-20-5-3-4-8-28(20)21/h3-5,8,11-12,14H,6-7,9-10,13H2,1-2H3,(H,23,24,29). The molecule has 0 spiro atoms. The molecule has 1 fully saturated rings. The molecular formula is C22H24N6O3.